The zero-order valence-corrected chi connectivity index (χ0v) is 22.6. The van der Waals surface area contributed by atoms with Gasteiger partial charge in [-0.05, 0) is 31.9 Å². The Kier molecular flexibility index (Phi) is 9.53. The third-order valence-corrected chi connectivity index (χ3v) is 5.40. The van der Waals surface area contributed by atoms with Gasteiger partial charge in [-0.2, -0.15) is 10.4 Å². The lowest BCUT2D eigenvalue weighted by atomic mass is 10.1. The number of ether oxygens (including phenoxy) is 4. The van der Waals surface area contributed by atoms with Gasteiger partial charge in [-0.1, -0.05) is 37.0 Å². The van der Waals surface area contributed by atoms with Gasteiger partial charge in [0.05, 0.1) is 21.8 Å². The normalized spacial score (nSPS) is 18.1. The molecule has 38 heavy (non-hydrogen) atoms. The molecule has 0 aliphatic carbocycles. The largest absolute Gasteiger partial charge is 0.511 e. The summed E-state index contributed by atoms with van der Waals surface area (Å²) in [7, 11) is 0. The molecule has 3 N–H and O–H groups in total. The molecule has 0 spiro atoms. The van der Waals surface area contributed by atoms with E-state index in [-0.39, 0.29) is 51.0 Å². The van der Waals surface area contributed by atoms with Gasteiger partial charge in [0.1, 0.15) is 6.07 Å². The van der Waals surface area contributed by atoms with E-state index in [2.05, 4.69) is 20.6 Å². The molecule has 3 unspecified atom stereocenters. The Bertz CT molecular complexity index is 1230. The molecule has 1 aliphatic rings. The molecule has 1 aliphatic heterocycles. The second-order valence-corrected chi connectivity index (χ2v) is 9.36. The first-order valence-corrected chi connectivity index (χ1v) is 12.1. The van der Waals surface area contributed by atoms with Crippen LogP contribution < -0.4 is 19.8 Å². The monoisotopic (exact) mass is 568 g/mol. The van der Waals surface area contributed by atoms with Crippen molar-refractivity contribution in [3.63, 3.8) is 0 Å². The number of anilines is 1. The second kappa shape index (κ2) is 12.4. The summed E-state index contributed by atoms with van der Waals surface area (Å²) in [6.45, 7) is 8.69. The predicted molar refractivity (Wildman–Crippen MR) is 136 cm³/mol. The Morgan fingerprint density at radius 2 is 1.76 bits per heavy atom. The van der Waals surface area contributed by atoms with Gasteiger partial charge in [0, 0.05) is 18.6 Å². The number of benzene rings is 1. The van der Waals surface area contributed by atoms with Crippen molar-refractivity contribution in [1.29, 1.82) is 5.26 Å². The molecular weight excluding hydrogens is 543 g/mol. The molecule has 0 radical (unpaired) electrons. The first-order chi connectivity index (χ1) is 17.9. The Labute approximate surface area is 228 Å². The lowest BCUT2D eigenvalue weighted by molar-refractivity contribution is -0.0631. The van der Waals surface area contributed by atoms with Crippen LogP contribution in [0, 0.1) is 11.3 Å². The summed E-state index contributed by atoms with van der Waals surface area (Å²) in [5.74, 6) is 0.149. The lowest BCUT2D eigenvalue weighted by Crippen LogP contribution is -2.55. The van der Waals surface area contributed by atoms with E-state index in [1.54, 1.807) is 26.0 Å². The summed E-state index contributed by atoms with van der Waals surface area (Å²) in [4.78, 5) is 11.7. The zero-order valence-electron chi connectivity index (χ0n) is 21.0. The van der Waals surface area contributed by atoms with Crippen molar-refractivity contribution in [2.24, 2.45) is 5.10 Å². The first kappa shape index (κ1) is 29.2. The first-order valence-electron chi connectivity index (χ1n) is 11.4. The number of hydrogen-bond acceptors (Lipinski definition) is 13. The Morgan fingerprint density at radius 1 is 1.11 bits per heavy atom. The zero-order chi connectivity index (χ0) is 28.1. The van der Waals surface area contributed by atoms with Crippen LogP contribution in [0.4, 0.5) is 10.5 Å². The molecular formula is C23H26Cl2N6O7. The maximum Gasteiger partial charge on any atom is 0.511 e. The summed E-state index contributed by atoms with van der Waals surface area (Å²) < 4.78 is 21.4. The van der Waals surface area contributed by atoms with Crippen molar-refractivity contribution in [3.8, 4) is 23.6 Å². The van der Waals surface area contributed by atoms with E-state index in [1.807, 2.05) is 13.8 Å². The van der Waals surface area contributed by atoms with Crippen molar-refractivity contribution >= 4 is 40.8 Å². The van der Waals surface area contributed by atoms with E-state index in [0.29, 0.717) is 5.56 Å². The Balaban J connectivity index is 1.82. The molecule has 3 rings (SSSR count). The minimum atomic E-state index is -1.45. The lowest BCUT2D eigenvalue weighted by Gasteiger charge is -2.32. The summed E-state index contributed by atoms with van der Waals surface area (Å²) in [6, 6.07) is 6.10. The Hall–Kier alpha value is -3.41. The number of nitrogens with one attached hydrogen (secondary N) is 1. The van der Waals surface area contributed by atoms with Gasteiger partial charge in [0.15, 0.2) is 17.7 Å². The highest BCUT2D eigenvalue weighted by atomic mass is 35.5. The van der Waals surface area contributed by atoms with Crippen molar-refractivity contribution in [1.82, 2.24) is 15.5 Å². The molecule has 1 aromatic carbocycles. The van der Waals surface area contributed by atoms with Gasteiger partial charge >= 0.3 is 6.16 Å². The average Bonchev–Trinajstić information content (AvgIpc) is 2.81. The highest BCUT2D eigenvalue weighted by Crippen LogP contribution is 2.40. The van der Waals surface area contributed by atoms with Crippen LogP contribution in [-0.2, 0) is 9.47 Å². The number of halogens is 2. The van der Waals surface area contributed by atoms with E-state index in [1.165, 1.54) is 19.1 Å². The maximum absolute atomic E-state index is 11.7. The number of carbonyl (C=O) groups is 1. The number of nitrogens with zero attached hydrogens (tertiary/aromatic N) is 5. The topological polar surface area (TPSA) is 172 Å². The maximum atomic E-state index is 11.7. The molecule has 0 saturated carbocycles. The second-order valence-electron chi connectivity index (χ2n) is 8.54. The highest BCUT2D eigenvalue weighted by Gasteiger charge is 2.29. The third kappa shape index (κ3) is 7.12. The van der Waals surface area contributed by atoms with Gasteiger partial charge < -0.3 is 29.2 Å². The summed E-state index contributed by atoms with van der Waals surface area (Å²) >= 11 is 12.8. The van der Waals surface area contributed by atoms with Crippen LogP contribution in [0.15, 0.2) is 23.3 Å². The molecule has 3 atom stereocenters. The van der Waals surface area contributed by atoms with Crippen molar-refractivity contribution < 1.29 is 34.0 Å². The number of hydrazone groups is 1. The smallest absolute Gasteiger partial charge is 0.436 e. The van der Waals surface area contributed by atoms with E-state index in [9.17, 15) is 15.0 Å². The van der Waals surface area contributed by atoms with Gasteiger partial charge in [0.2, 0.25) is 24.4 Å². The third-order valence-electron chi connectivity index (χ3n) is 4.84. The summed E-state index contributed by atoms with van der Waals surface area (Å²) in [5, 5.41) is 44.5. The van der Waals surface area contributed by atoms with Crippen molar-refractivity contribution in [3.05, 3.63) is 33.8 Å². The number of aromatic nitrogens is 2. The quantitative estimate of drug-likeness (QED) is 0.310. The molecule has 0 bridgehead atoms. The van der Waals surface area contributed by atoms with Gasteiger partial charge in [-0.3, -0.25) is 0 Å². The number of nitriles is 1. The number of carbonyl (C=O) groups excluding carboxylic acids is 1. The molecule has 204 valence electrons. The van der Waals surface area contributed by atoms with Gasteiger partial charge in [-0.25, -0.2) is 15.1 Å². The van der Waals surface area contributed by atoms with E-state index >= 15 is 0 Å². The molecule has 0 amide bonds. The van der Waals surface area contributed by atoms with Crippen LogP contribution in [0.2, 0.25) is 10.0 Å². The standard InChI is InChI=1S/C23H26Cl2N6O7/c1-10(2)14-8-18(28-29-21(14)36-12(5)37-23(34)35-11(3)4)38-19-15(24)6-13(7-16(19)25)31-22(33)27-20(32)17(9-26)30-31/h6-8,10-12,20,22,27,32-33H,1-5H3. The molecule has 15 heteroatoms. The fourth-order valence-electron chi connectivity index (χ4n) is 3.15. The average molecular weight is 569 g/mol. The summed E-state index contributed by atoms with van der Waals surface area (Å²) in [6.07, 6.45) is -5.10. The van der Waals surface area contributed by atoms with Crippen LogP contribution in [-0.4, -0.2) is 57.3 Å². The predicted octanol–water partition coefficient (Wildman–Crippen LogP) is 3.87. The number of aliphatic hydroxyl groups excluding tert-OH is 2. The van der Waals surface area contributed by atoms with E-state index < -0.39 is 25.0 Å². The Morgan fingerprint density at radius 3 is 2.34 bits per heavy atom. The number of hydrogen-bond donors (Lipinski definition) is 3. The number of aliphatic hydroxyl groups is 2. The van der Waals surface area contributed by atoms with Crippen LogP contribution in [0.25, 0.3) is 0 Å². The molecule has 2 heterocycles. The van der Waals surface area contributed by atoms with Crippen LogP contribution in [0.3, 0.4) is 0 Å². The fourth-order valence-corrected chi connectivity index (χ4v) is 3.70. The summed E-state index contributed by atoms with van der Waals surface area (Å²) in [5.41, 5.74) is 0.555. The molecule has 1 aromatic heterocycles. The molecule has 2 aromatic rings. The fraction of sp³-hybridized carbons (Fsp3) is 0.435. The molecule has 13 nitrogen and oxygen atoms in total. The molecule has 0 fully saturated rings. The number of rotatable bonds is 8. The SMILES string of the molecule is CC(C)OC(=O)OC(C)Oc1nnc(Oc2c(Cl)cc(N3N=C(C#N)C(O)NC3O)cc2Cl)cc1C(C)C. The van der Waals surface area contributed by atoms with E-state index in [4.69, 9.17) is 47.4 Å². The van der Waals surface area contributed by atoms with Gasteiger partial charge in [-0.15, -0.1) is 10.2 Å². The molecule has 0 saturated heterocycles. The van der Waals surface area contributed by atoms with Crippen LogP contribution >= 0.6 is 23.2 Å². The van der Waals surface area contributed by atoms with Crippen LogP contribution in [0.5, 0.6) is 17.5 Å². The van der Waals surface area contributed by atoms with Gasteiger partial charge in [0.25, 0.3) is 0 Å². The highest BCUT2D eigenvalue weighted by molar-refractivity contribution is 6.37. The minimum Gasteiger partial charge on any atom is -0.436 e. The minimum absolute atomic E-state index is 0.0402. The van der Waals surface area contributed by atoms with E-state index in [0.717, 1.165) is 5.01 Å². The van der Waals surface area contributed by atoms with Crippen LogP contribution in [0.1, 0.15) is 46.1 Å². The van der Waals surface area contributed by atoms with Crippen molar-refractivity contribution in [2.75, 3.05) is 5.01 Å². The van der Waals surface area contributed by atoms with Crippen molar-refractivity contribution in [2.45, 2.75) is 65.5 Å².